The van der Waals surface area contributed by atoms with Gasteiger partial charge in [0.1, 0.15) is 11.2 Å². The highest BCUT2D eigenvalue weighted by molar-refractivity contribution is 6.14. The van der Waals surface area contributed by atoms with Crippen LogP contribution in [0, 0.1) is 0 Å². The largest absolute Gasteiger partial charge is 0.456 e. The molecule has 0 saturated heterocycles. The fourth-order valence-corrected chi connectivity index (χ4v) is 10.9. The SMILES string of the molecule is CC1(C)c2ccccc2-c2cc3c4ccccc4n(-c4ccc(-c5nc(-c6ccc7c(c6)oc6cccc(-c8ccccc8)c67)nc(-n6c7ccccc7c7ccccc76)n5)cc4)c3cc21. The third-order valence-electron chi connectivity index (χ3n) is 14.0. The van der Waals surface area contributed by atoms with Gasteiger partial charge in [-0.05, 0) is 106 Å². The summed E-state index contributed by atoms with van der Waals surface area (Å²) in [5, 5.41) is 6.90. The summed E-state index contributed by atoms with van der Waals surface area (Å²) >= 11 is 0. The molecule has 1 aliphatic rings. The van der Waals surface area contributed by atoms with Crippen LogP contribution in [0.25, 0.3) is 122 Å². The fraction of sp³-hybridized carbons (Fsp3) is 0.0500. The van der Waals surface area contributed by atoms with E-state index in [2.05, 4.69) is 211 Å². The summed E-state index contributed by atoms with van der Waals surface area (Å²) in [6.07, 6.45) is 0. The normalized spacial score (nSPS) is 13.1. The molecule has 4 heterocycles. The highest BCUT2D eigenvalue weighted by atomic mass is 16.3. The Balaban J connectivity index is 0.945. The summed E-state index contributed by atoms with van der Waals surface area (Å²) in [6.45, 7) is 4.69. The predicted molar refractivity (Wildman–Crippen MR) is 270 cm³/mol. The molecule has 0 fully saturated rings. The van der Waals surface area contributed by atoms with Gasteiger partial charge in [0.05, 0.1) is 22.1 Å². The van der Waals surface area contributed by atoms with Crippen LogP contribution in [0.2, 0.25) is 0 Å². The van der Waals surface area contributed by atoms with Crippen molar-refractivity contribution < 1.29 is 4.42 Å². The molecule has 1 aliphatic carbocycles. The Kier molecular flexibility index (Phi) is 7.64. The van der Waals surface area contributed by atoms with Gasteiger partial charge in [0.15, 0.2) is 11.6 Å². The third-order valence-corrected chi connectivity index (χ3v) is 14.0. The van der Waals surface area contributed by atoms with Gasteiger partial charge in [0.2, 0.25) is 5.95 Å². The van der Waals surface area contributed by atoms with Crippen LogP contribution in [-0.2, 0) is 5.41 Å². The lowest BCUT2D eigenvalue weighted by Gasteiger charge is -2.21. The molecule has 0 bridgehead atoms. The van der Waals surface area contributed by atoms with Crippen molar-refractivity contribution in [2.45, 2.75) is 19.3 Å². The molecule has 9 aromatic carbocycles. The first-order chi connectivity index (χ1) is 32.5. The van der Waals surface area contributed by atoms with Gasteiger partial charge in [-0.25, -0.2) is 4.98 Å². The summed E-state index contributed by atoms with van der Waals surface area (Å²) in [6, 6.07) is 71.1. The first-order valence-electron chi connectivity index (χ1n) is 22.5. The van der Waals surface area contributed by atoms with Crippen LogP contribution in [0.4, 0.5) is 0 Å². The summed E-state index contributed by atoms with van der Waals surface area (Å²) in [5.41, 5.74) is 16.4. The van der Waals surface area contributed by atoms with Crippen LogP contribution < -0.4 is 0 Å². The summed E-state index contributed by atoms with van der Waals surface area (Å²) in [5.74, 6) is 1.69. The van der Waals surface area contributed by atoms with Crippen molar-refractivity contribution in [1.29, 1.82) is 0 Å². The van der Waals surface area contributed by atoms with E-state index < -0.39 is 0 Å². The van der Waals surface area contributed by atoms with Gasteiger partial charge in [-0.2, -0.15) is 9.97 Å². The summed E-state index contributed by atoms with van der Waals surface area (Å²) in [4.78, 5) is 15.8. The van der Waals surface area contributed by atoms with E-state index in [1.54, 1.807) is 0 Å². The average Bonchev–Trinajstić information content (AvgIpc) is 4.08. The van der Waals surface area contributed by atoms with Crippen molar-refractivity contribution in [1.82, 2.24) is 24.1 Å². The number of furan rings is 1. The molecule has 4 aromatic heterocycles. The Hall–Kier alpha value is -8.61. The quantitative estimate of drug-likeness (QED) is 0.173. The van der Waals surface area contributed by atoms with Gasteiger partial charge >= 0.3 is 0 Å². The lowest BCUT2D eigenvalue weighted by molar-refractivity contribution is 0.661. The van der Waals surface area contributed by atoms with Gasteiger partial charge in [-0.15, -0.1) is 0 Å². The Labute approximate surface area is 379 Å². The molecular weight excluding hydrogens is 807 g/mol. The predicted octanol–water partition coefficient (Wildman–Crippen LogP) is 15.3. The van der Waals surface area contributed by atoms with Crippen LogP contribution in [0.3, 0.4) is 0 Å². The van der Waals surface area contributed by atoms with E-state index in [0.29, 0.717) is 17.6 Å². The molecule has 0 spiro atoms. The fourth-order valence-electron chi connectivity index (χ4n) is 10.9. The summed E-state index contributed by atoms with van der Waals surface area (Å²) in [7, 11) is 0. The van der Waals surface area contributed by atoms with Gasteiger partial charge in [-0.1, -0.05) is 141 Å². The van der Waals surface area contributed by atoms with Gasteiger partial charge in [0, 0.05) is 54.5 Å². The van der Waals surface area contributed by atoms with Gasteiger partial charge < -0.3 is 8.98 Å². The second-order valence-corrected chi connectivity index (χ2v) is 18.0. The van der Waals surface area contributed by atoms with E-state index in [0.717, 1.165) is 71.7 Å². The van der Waals surface area contributed by atoms with E-state index in [1.165, 1.54) is 44.1 Å². The molecule has 0 saturated carbocycles. The first kappa shape index (κ1) is 36.8. The second kappa shape index (κ2) is 13.7. The van der Waals surface area contributed by atoms with Crippen molar-refractivity contribution in [3.63, 3.8) is 0 Å². The maximum Gasteiger partial charge on any atom is 0.238 e. The van der Waals surface area contributed by atoms with Gasteiger partial charge in [0.25, 0.3) is 0 Å². The topological polar surface area (TPSA) is 61.7 Å². The molecule has 0 unspecified atom stereocenters. The summed E-state index contributed by atoms with van der Waals surface area (Å²) < 4.78 is 11.2. The second-order valence-electron chi connectivity index (χ2n) is 18.0. The van der Waals surface area contributed by atoms with Crippen LogP contribution in [0.15, 0.2) is 205 Å². The minimum Gasteiger partial charge on any atom is -0.456 e. The highest BCUT2D eigenvalue weighted by Crippen LogP contribution is 2.51. The van der Waals surface area contributed by atoms with E-state index in [1.807, 2.05) is 12.1 Å². The van der Waals surface area contributed by atoms with Crippen LogP contribution >= 0.6 is 0 Å². The molecule has 310 valence electrons. The number of rotatable bonds is 5. The van der Waals surface area contributed by atoms with E-state index in [4.69, 9.17) is 19.4 Å². The van der Waals surface area contributed by atoms with Gasteiger partial charge in [-0.3, -0.25) is 4.57 Å². The minimum atomic E-state index is -0.115. The number of hydrogen-bond acceptors (Lipinski definition) is 4. The maximum absolute atomic E-state index is 6.59. The van der Waals surface area contributed by atoms with Crippen LogP contribution in [-0.4, -0.2) is 24.1 Å². The minimum absolute atomic E-state index is 0.115. The number of nitrogens with zero attached hydrogens (tertiary/aromatic N) is 5. The molecule has 6 nitrogen and oxygen atoms in total. The highest BCUT2D eigenvalue weighted by Gasteiger charge is 2.36. The maximum atomic E-state index is 6.59. The van der Waals surface area contributed by atoms with Crippen molar-refractivity contribution >= 4 is 65.6 Å². The Morgan fingerprint density at radius 2 is 0.985 bits per heavy atom. The number of aromatic nitrogens is 5. The standard InChI is InChI=1S/C60H39N5O/c1-60(2)48-22-10-6-17-41(48)46-34-47-44-20-9-11-23-50(44)64(53(47)35-49(46)60)39-30-27-37(28-31-39)57-61-58(63-59(62-57)65-51-24-12-7-18-42(51)43-19-8-13-25-52(43)65)38-29-32-45-55(33-38)66-54-26-14-21-40(56(45)54)36-15-4-3-5-16-36/h3-35H,1-2H3. The Bertz CT molecular complexity index is 4080. The molecule has 0 amide bonds. The monoisotopic (exact) mass is 845 g/mol. The first-order valence-corrected chi connectivity index (χ1v) is 22.5. The third kappa shape index (κ3) is 5.27. The van der Waals surface area contributed by atoms with E-state index >= 15 is 0 Å². The Morgan fingerprint density at radius 3 is 1.73 bits per heavy atom. The molecule has 13 aromatic rings. The zero-order valence-electron chi connectivity index (χ0n) is 36.2. The number of fused-ring (bicyclic) bond motifs is 12. The molecule has 0 N–H and O–H groups in total. The Morgan fingerprint density at radius 1 is 0.379 bits per heavy atom. The molecular formula is C60H39N5O. The molecule has 0 atom stereocenters. The van der Waals surface area contributed by atoms with E-state index in [9.17, 15) is 0 Å². The zero-order valence-corrected chi connectivity index (χ0v) is 36.2. The lowest BCUT2D eigenvalue weighted by atomic mass is 9.82. The number of benzene rings is 9. The molecule has 14 rings (SSSR count). The van der Waals surface area contributed by atoms with E-state index in [-0.39, 0.29) is 5.41 Å². The van der Waals surface area contributed by atoms with Crippen LogP contribution in [0.5, 0.6) is 0 Å². The molecule has 6 heteroatoms. The molecule has 0 aliphatic heterocycles. The molecule has 0 radical (unpaired) electrons. The molecule has 66 heavy (non-hydrogen) atoms. The van der Waals surface area contributed by atoms with Crippen molar-refractivity contribution in [3.8, 4) is 56.7 Å². The number of hydrogen-bond donors (Lipinski definition) is 0. The smallest absolute Gasteiger partial charge is 0.238 e. The average molecular weight is 846 g/mol. The van der Waals surface area contributed by atoms with Crippen molar-refractivity contribution in [2.75, 3.05) is 0 Å². The number of para-hydroxylation sites is 3. The van der Waals surface area contributed by atoms with Crippen molar-refractivity contribution in [3.05, 3.63) is 211 Å². The zero-order chi connectivity index (χ0) is 43.7. The van der Waals surface area contributed by atoms with Crippen LogP contribution in [0.1, 0.15) is 25.0 Å². The van der Waals surface area contributed by atoms with Crippen molar-refractivity contribution in [2.24, 2.45) is 0 Å². The lowest BCUT2D eigenvalue weighted by Crippen LogP contribution is -2.14.